The third-order valence-electron chi connectivity index (χ3n) is 2.93. The van der Waals surface area contributed by atoms with Gasteiger partial charge in [-0.2, -0.15) is 0 Å². The molecular weight excluding hydrogens is 196 g/mol. The van der Waals surface area contributed by atoms with E-state index in [0.717, 1.165) is 17.7 Å². The van der Waals surface area contributed by atoms with Gasteiger partial charge in [0.25, 0.3) is 0 Å². The number of nitrogens with zero attached hydrogens (tertiary/aromatic N) is 2. The molecule has 2 aromatic rings. The van der Waals surface area contributed by atoms with E-state index < -0.39 is 0 Å². The highest BCUT2D eigenvalue weighted by Gasteiger charge is 2.04. The molecule has 2 heteroatoms. The van der Waals surface area contributed by atoms with E-state index in [-0.39, 0.29) is 0 Å². The van der Waals surface area contributed by atoms with Crippen LogP contribution in [-0.4, -0.2) is 9.97 Å². The van der Waals surface area contributed by atoms with Crippen LogP contribution in [0.3, 0.4) is 0 Å². The lowest BCUT2D eigenvalue weighted by Crippen LogP contribution is -1.93. The summed E-state index contributed by atoms with van der Waals surface area (Å²) in [6.07, 6.45) is 6.73. The number of hydrogen-bond acceptors (Lipinski definition) is 2. The van der Waals surface area contributed by atoms with Crippen LogP contribution in [-0.2, 0) is 0 Å². The lowest BCUT2D eigenvalue weighted by Gasteiger charge is -2.08. The number of rotatable bonds is 3. The van der Waals surface area contributed by atoms with Crippen molar-refractivity contribution in [2.45, 2.75) is 26.2 Å². The van der Waals surface area contributed by atoms with Crippen LogP contribution in [0.4, 0.5) is 0 Å². The molecule has 0 radical (unpaired) electrons. The van der Waals surface area contributed by atoms with E-state index in [1.807, 2.05) is 24.5 Å². The highest BCUT2D eigenvalue weighted by Crippen LogP contribution is 2.21. The van der Waals surface area contributed by atoms with Gasteiger partial charge in [0.2, 0.25) is 0 Å². The van der Waals surface area contributed by atoms with E-state index in [2.05, 4.69) is 35.9 Å². The van der Waals surface area contributed by atoms with Crippen molar-refractivity contribution in [3.8, 4) is 11.3 Å². The molecule has 2 heterocycles. The SMILES string of the molecule is CCC(C)c1ccc(-c2cccnc2)nc1. The van der Waals surface area contributed by atoms with Crippen LogP contribution < -0.4 is 0 Å². The van der Waals surface area contributed by atoms with Gasteiger partial charge in [0.15, 0.2) is 0 Å². The van der Waals surface area contributed by atoms with Crippen LogP contribution in [0, 0.1) is 0 Å². The summed E-state index contributed by atoms with van der Waals surface area (Å²) in [6, 6.07) is 8.18. The molecule has 0 bridgehead atoms. The Morgan fingerprint density at radius 2 is 2.06 bits per heavy atom. The standard InChI is InChI=1S/C14H16N2/c1-3-11(2)12-6-7-14(16-10-12)13-5-4-8-15-9-13/h4-11H,3H2,1-2H3. The first-order valence-corrected chi connectivity index (χ1v) is 5.67. The number of aromatic nitrogens is 2. The van der Waals surface area contributed by atoms with Crippen molar-refractivity contribution in [2.24, 2.45) is 0 Å². The van der Waals surface area contributed by atoms with E-state index >= 15 is 0 Å². The lowest BCUT2D eigenvalue weighted by molar-refractivity contribution is 0.730. The van der Waals surface area contributed by atoms with Crippen molar-refractivity contribution in [2.75, 3.05) is 0 Å². The highest BCUT2D eigenvalue weighted by atomic mass is 14.7. The highest BCUT2D eigenvalue weighted by molar-refractivity contribution is 5.57. The van der Waals surface area contributed by atoms with E-state index in [1.54, 1.807) is 6.20 Å². The molecule has 2 nitrogen and oxygen atoms in total. The Hall–Kier alpha value is -1.70. The summed E-state index contributed by atoms with van der Waals surface area (Å²) in [5.41, 5.74) is 3.36. The molecule has 0 amide bonds. The molecule has 0 aliphatic rings. The van der Waals surface area contributed by atoms with Crippen molar-refractivity contribution >= 4 is 0 Å². The Labute approximate surface area is 96.4 Å². The van der Waals surface area contributed by atoms with Gasteiger partial charge in [0.1, 0.15) is 0 Å². The first-order chi connectivity index (χ1) is 7.81. The van der Waals surface area contributed by atoms with Crippen molar-refractivity contribution in [1.29, 1.82) is 0 Å². The summed E-state index contributed by atoms with van der Waals surface area (Å²) in [4.78, 5) is 8.57. The molecule has 0 N–H and O–H groups in total. The molecule has 1 unspecified atom stereocenters. The molecule has 0 spiro atoms. The van der Waals surface area contributed by atoms with Gasteiger partial charge in [-0.25, -0.2) is 0 Å². The van der Waals surface area contributed by atoms with Crippen LogP contribution in [0.25, 0.3) is 11.3 Å². The van der Waals surface area contributed by atoms with Gasteiger partial charge in [-0.15, -0.1) is 0 Å². The fraction of sp³-hybridized carbons (Fsp3) is 0.286. The van der Waals surface area contributed by atoms with E-state index in [9.17, 15) is 0 Å². The van der Waals surface area contributed by atoms with Gasteiger partial charge in [0.05, 0.1) is 5.69 Å². The van der Waals surface area contributed by atoms with Gasteiger partial charge in [0, 0.05) is 24.2 Å². The summed E-state index contributed by atoms with van der Waals surface area (Å²) in [5.74, 6) is 0.579. The van der Waals surface area contributed by atoms with Gasteiger partial charge in [-0.3, -0.25) is 9.97 Å². The first-order valence-electron chi connectivity index (χ1n) is 5.67. The molecule has 0 aliphatic heterocycles. The zero-order valence-electron chi connectivity index (χ0n) is 9.72. The fourth-order valence-electron chi connectivity index (χ4n) is 1.62. The van der Waals surface area contributed by atoms with Gasteiger partial charge in [-0.05, 0) is 36.1 Å². The van der Waals surface area contributed by atoms with Crippen LogP contribution in [0.5, 0.6) is 0 Å². The number of hydrogen-bond donors (Lipinski definition) is 0. The van der Waals surface area contributed by atoms with Gasteiger partial charge >= 0.3 is 0 Å². The summed E-state index contributed by atoms with van der Waals surface area (Å²) in [5, 5.41) is 0. The molecule has 0 aromatic carbocycles. The van der Waals surface area contributed by atoms with E-state index in [4.69, 9.17) is 0 Å². The predicted octanol–water partition coefficient (Wildman–Crippen LogP) is 3.66. The minimum atomic E-state index is 0.579. The van der Waals surface area contributed by atoms with Crippen molar-refractivity contribution in [3.63, 3.8) is 0 Å². The maximum atomic E-state index is 4.48. The molecule has 82 valence electrons. The third kappa shape index (κ3) is 2.27. The maximum Gasteiger partial charge on any atom is 0.0717 e. The third-order valence-corrected chi connectivity index (χ3v) is 2.93. The summed E-state index contributed by atoms with van der Waals surface area (Å²) in [7, 11) is 0. The largest absolute Gasteiger partial charge is 0.264 e. The van der Waals surface area contributed by atoms with Crippen LogP contribution >= 0.6 is 0 Å². The second kappa shape index (κ2) is 4.88. The molecule has 2 aromatic heterocycles. The smallest absolute Gasteiger partial charge is 0.0717 e. The minimum absolute atomic E-state index is 0.579. The monoisotopic (exact) mass is 212 g/mol. The topological polar surface area (TPSA) is 25.8 Å². The molecule has 16 heavy (non-hydrogen) atoms. The van der Waals surface area contributed by atoms with Crippen LogP contribution in [0.1, 0.15) is 31.7 Å². The van der Waals surface area contributed by atoms with Crippen LogP contribution in [0.15, 0.2) is 42.9 Å². The van der Waals surface area contributed by atoms with Crippen molar-refractivity contribution < 1.29 is 0 Å². The second-order valence-corrected chi connectivity index (χ2v) is 4.03. The second-order valence-electron chi connectivity index (χ2n) is 4.03. The summed E-state index contributed by atoms with van der Waals surface area (Å²) >= 11 is 0. The molecule has 0 aliphatic carbocycles. The molecule has 0 saturated heterocycles. The Balaban J connectivity index is 2.26. The average Bonchev–Trinajstić information content (AvgIpc) is 2.39. The van der Waals surface area contributed by atoms with Gasteiger partial charge in [-0.1, -0.05) is 19.9 Å². The first kappa shape index (κ1) is 10.8. The van der Waals surface area contributed by atoms with E-state index in [0.29, 0.717) is 5.92 Å². The molecular formula is C14H16N2. The summed E-state index contributed by atoms with van der Waals surface area (Å²) < 4.78 is 0. The van der Waals surface area contributed by atoms with Gasteiger partial charge < -0.3 is 0 Å². The Kier molecular flexibility index (Phi) is 3.30. The Bertz CT molecular complexity index is 434. The molecule has 0 saturated carbocycles. The molecule has 0 fully saturated rings. The van der Waals surface area contributed by atoms with Crippen LogP contribution in [0.2, 0.25) is 0 Å². The predicted molar refractivity (Wildman–Crippen MR) is 66.2 cm³/mol. The molecule has 2 rings (SSSR count). The normalized spacial score (nSPS) is 12.4. The lowest BCUT2D eigenvalue weighted by atomic mass is 10.00. The average molecular weight is 212 g/mol. The Morgan fingerprint density at radius 3 is 2.62 bits per heavy atom. The van der Waals surface area contributed by atoms with Crippen molar-refractivity contribution in [1.82, 2.24) is 9.97 Å². The minimum Gasteiger partial charge on any atom is -0.264 e. The Morgan fingerprint density at radius 1 is 1.19 bits per heavy atom. The zero-order chi connectivity index (χ0) is 11.4. The zero-order valence-corrected chi connectivity index (χ0v) is 9.72. The number of pyridine rings is 2. The quantitative estimate of drug-likeness (QED) is 0.776. The maximum absolute atomic E-state index is 4.48. The molecule has 1 atom stereocenters. The van der Waals surface area contributed by atoms with E-state index in [1.165, 1.54) is 5.56 Å². The van der Waals surface area contributed by atoms with Crippen molar-refractivity contribution in [3.05, 3.63) is 48.4 Å². The summed E-state index contributed by atoms with van der Waals surface area (Å²) in [6.45, 7) is 4.42. The fourth-order valence-corrected chi connectivity index (χ4v) is 1.62.